The molecule has 0 saturated carbocycles. The summed E-state index contributed by atoms with van der Waals surface area (Å²) in [5, 5.41) is 22.1. The van der Waals surface area contributed by atoms with Gasteiger partial charge in [-0.25, -0.2) is 14.4 Å². The first kappa shape index (κ1) is 24.5. The lowest BCUT2D eigenvalue weighted by atomic mass is 10.4. The molecule has 2 unspecified atom stereocenters. The van der Waals surface area contributed by atoms with Crippen molar-refractivity contribution in [1.82, 2.24) is 20.4 Å². The molecule has 1 rings (SSSR count). The molecule has 1 fully saturated rings. The van der Waals surface area contributed by atoms with E-state index in [1.165, 1.54) is 18.7 Å². The summed E-state index contributed by atoms with van der Waals surface area (Å²) in [6, 6.07) is -0.384. The van der Waals surface area contributed by atoms with Crippen molar-refractivity contribution in [2.75, 3.05) is 19.8 Å². The molecule has 4 N–H and O–H groups in total. The summed E-state index contributed by atoms with van der Waals surface area (Å²) < 4.78 is 4.41. The lowest BCUT2D eigenvalue weighted by Crippen LogP contribution is -2.54. The predicted octanol–water partition coefficient (Wildman–Crippen LogP) is 0.896. The summed E-state index contributed by atoms with van der Waals surface area (Å²) in [5.41, 5.74) is 0. The van der Waals surface area contributed by atoms with E-state index in [0.29, 0.717) is 13.1 Å². The summed E-state index contributed by atoms with van der Waals surface area (Å²) in [4.78, 5) is 40.1. The Bertz CT molecular complexity index is 431. The zero-order valence-electron chi connectivity index (χ0n) is 14.4. The molecule has 0 aromatic heterocycles. The maximum atomic E-state index is 11.5. The fourth-order valence-corrected chi connectivity index (χ4v) is 1.76. The minimum Gasteiger partial charge on any atom is -0.420 e. The summed E-state index contributed by atoms with van der Waals surface area (Å²) in [6.45, 7) is 15.1. The van der Waals surface area contributed by atoms with Crippen LogP contribution in [0.15, 0.2) is 26.3 Å². The van der Waals surface area contributed by atoms with Gasteiger partial charge >= 0.3 is 18.2 Å². The van der Waals surface area contributed by atoms with E-state index >= 15 is 0 Å². The molecule has 0 bridgehead atoms. The Balaban J connectivity index is 0. The Morgan fingerprint density at radius 2 is 1.92 bits per heavy atom. The van der Waals surface area contributed by atoms with Gasteiger partial charge in [0.25, 0.3) is 0 Å². The van der Waals surface area contributed by atoms with Gasteiger partial charge in [0.05, 0.1) is 0 Å². The summed E-state index contributed by atoms with van der Waals surface area (Å²) in [5.74, 6) is 0. The summed E-state index contributed by atoms with van der Waals surface area (Å²) in [6.07, 6.45) is -4.22. The Hall–Kier alpha value is -2.79. The Kier molecular flexibility index (Phi) is 13.3. The van der Waals surface area contributed by atoms with Crippen molar-refractivity contribution in [2.45, 2.75) is 26.3 Å². The van der Waals surface area contributed by atoms with E-state index in [4.69, 9.17) is 10.4 Å². The number of nitrogens with zero attached hydrogens (tertiary/aromatic N) is 2. The molecule has 4 amide bonds. The maximum Gasteiger partial charge on any atom is 0.444 e. The highest BCUT2D eigenvalue weighted by Gasteiger charge is 2.32. The molecule has 144 valence electrons. The standard InChI is InChI=1S/C10H18N4O7.2C2H4/c1-6(13-4-3-11-8(13)16)14(10(18)21-19)5-12-9(17)20-7(2)15;2*1-2/h6-7,15,19H,3-5H2,1-2H3,(H,11,16)(H,12,17);2*1-2H2. The lowest BCUT2D eigenvalue weighted by molar-refractivity contribution is -0.192. The Morgan fingerprint density at radius 1 is 1.36 bits per heavy atom. The number of alkyl carbamates (subject to hydrolysis) is 1. The molecule has 0 spiro atoms. The number of aliphatic hydroxyl groups excluding tert-OH is 1. The van der Waals surface area contributed by atoms with Gasteiger partial charge in [0, 0.05) is 13.1 Å². The quantitative estimate of drug-likeness (QED) is 0.246. The molecular weight excluding hydrogens is 336 g/mol. The first-order valence-electron chi connectivity index (χ1n) is 7.15. The van der Waals surface area contributed by atoms with Crippen LogP contribution in [0.2, 0.25) is 0 Å². The minimum atomic E-state index is -1.31. The third-order valence-electron chi connectivity index (χ3n) is 2.78. The van der Waals surface area contributed by atoms with Gasteiger partial charge in [0.1, 0.15) is 12.8 Å². The third kappa shape index (κ3) is 8.58. The smallest absolute Gasteiger partial charge is 0.420 e. The molecular formula is C14H26N4O7. The molecule has 25 heavy (non-hydrogen) atoms. The van der Waals surface area contributed by atoms with Crippen LogP contribution in [0.4, 0.5) is 14.4 Å². The summed E-state index contributed by atoms with van der Waals surface area (Å²) >= 11 is 0. The van der Waals surface area contributed by atoms with Gasteiger partial charge in [-0.3, -0.25) is 9.79 Å². The second kappa shape index (κ2) is 13.6. The van der Waals surface area contributed by atoms with Crippen molar-refractivity contribution < 1.29 is 34.4 Å². The monoisotopic (exact) mass is 362 g/mol. The van der Waals surface area contributed by atoms with Gasteiger partial charge in [-0.1, -0.05) is 0 Å². The van der Waals surface area contributed by atoms with Crippen LogP contribution in [-0.2, 0) is 9.62 Å². The zero-order chi connectivity index (χ0) is 20.0. The van der Waals surface area contributed by atoms with Gasteiger partial charge in [-0.05, 0) is 13.8 Å². The number of ether oxygens (including phenoxy) is 1. The lowest BCUT2D eigenvalue weighted by Gasteiger charge is -2.32. The van der Waals surface area contributed by atoms with Crippen molar-refractivity contribution in [2.24, 2.45) is 0 Å². The SMILES string of the molecule is C=C.C=C.CC(O)OC(=O)NCN(C(=O)OO)C(C)N1CCNC1=O. The number of aliphatic hydroxyl groups is 1. The molecule has 1 aliphatic rings. The van der Waals surface area contributed by atoms with Crippen LogP contribution >= 0.6 is 0 Å². The van der Waals surface area contributed by atoms with Crippen molar-refractivity contribution in [3.05, 3.63) is 26.3 Å². The van der Waals surface area contributed by atoms with Crippen LogP contribution in [0.3, 0.4) is 0 Å². The molecule has 0 aromatic carbocycles. The predicted molar refractivity (Wildman–Crippen MR) is 89.2 cm³/mol. The molecule has 11 heteroatoms. The molecule has 2 atom stereocenters. The number of rotatable bonds is 5. The maximum absolute atomic E-state index is 11.5. The van der Waals surface area contributed by atoms with Crippen LogP contribution in [0.5, 0.6) is 0 Å². The largest absolute Gasteiger partial charge is 0.444 e. The number of hydrogen-bond acceptors (Lipinski definition) is 7. The molecule has 1 heterocycles. The molecule has 1 saturated heterocycles. The fourth-order valence-electron chi connectivity index (χ4n) is 1.76. The number of amides is 4. The summed E-state index contributed by atoms with van der Waals surface area (Å²) in [7, 11) is 0. The second-order valence-electron chi connectivity index (χ2n) is 4.22. The van der Waals surface area contributed by atoms with Gasteiger partial charge in [-0.15, -0.1) is 26.3 Å². The molecule has 0 aliphatic carbocycles. The van der Waals surface area contributed by atoms with Crippen molar-refractivity contribution in [3.63, 3.8) is 0 Å². The average molecular weight is 362 g/mol. The van der Waals surface area contributed by atoms with Crippen molar-refractivity contribution in [1.29, 1.82) is 0 Å². The second-order valence-corrected chi connectivity index (χ2v) is 4.22. The van der Waals surface area contributed by atoms with Crippen molar-refractivity contribution >= 4 is 18.2 Å². The molecule has 0 radical (unpaired) electrons. The molecule has 11 nitrogen and oxygen atoms in total. The van der Waals surface area contributed by atoms with Gasteiger partial charge in [0.2, 0.25) is 0 Å². The number of hydrogen-bond donors (Lipinski definition) is 4. The molecule has 1 aliphatic heterocycles. The van der Waals surface area contributed by atoms with Crippen LogP contribution < -0.4 is 10.6 Å². The Labute approximate surface area is 146 Å². The van der Waals surface area contributed by atoms with Crippen LogP contribution in [0.25, 0.3) is 0 Å². The van der Waals surface area contributed by atoms with Gasteiger partial charge in [0.15, 0.2) is 6.29 Å². The van der Waals surface area contributed by atoms with Gasteiger partial charge in [-0.2, -0.15) is 5.26 Å². The van der Waals surface area contributed by atoms with E-state index in [9.17, 15) is 14.4 Å². The number of urea groups is 1. The van der Waals surface area contributed by atoms with Crippen molar-refractivity contribution in [3.8, 4) is 0 Å². The highest BCUT2D eigenvalue weighted by molar-refractivity contribution is 5.77. The highest BCUT2D eigenvalue weighted by atomic mass is 17.1. The van der Waals surface area contributed by atoms with E-state index in [-0.39, 0.29) is 6.03 Å². The van der Waals surface area contributed by atoms with E-state index in [1.807, 2.05) is 0 Å². The van der Waals surface area contributed by atoms with E-state index < -0.39 is 31.3 Å². The first-order valence-corrected chi connectivity index (χ1v) is 7.15. The average Bonchev–Trinajstić information content (AvgIpc) is 3.03. The zero-order valence-corrected chi connectivity index (χ0v) is 14.4. The van der Waals surface area contributed by atoms with E-state index in [1.54, 1.807) is 0 Å². The van der Waals surface area contributed by atoms with Crippen LogP contribution in [0.1, 0.15) is 13.8 Å². The normalized spacial score (nSPS) is 14.4. The minimum absolute atomic E-state index is 0.354. The number of carbonyl (C=O) groups is 3. The Morgan fingerprint density at radius 3 is 2.32 bits per heavy atom. The highest BCUT2D eigenvalue weighted by Crippen LogP contribution is 2.10. The van der Waals surface area contributed by atoms with E-state index in [2.05, 4.69) is 46.6 Å². The van der Waals surface area contributed by atoms with Crippen LogP contribution in [-0.4, -0.2) is 70.6 Å². The number of nitrogens with one attached hydrogen (secondary N) is 2. The first-order chi connectivity index (χ1) is 11.9. The van der Waals surface area contributed by atoms with Crippen LogP contribution in [0, 0.1) is 0 Å². The fraction of sp³-hybridized carbons (Fsp3) is 0.500. The number of carbonyl (C=O) groups excluding carboxylic acids is 3. The topological polar surface area (TPSA) is 141 Å². The van der Waals surface area contributed by atoms with Gasteiger partial charge < -0.3 is 25.4 Å². The van der Waals surface area contributed by atoms with E-state index in [0.717, 1.165) is 4.90 Å². The third-order valence-corrected chi connectivity index (χ3v) is 2.78. The molecule has 0 aromatic rings.